The third-order valence-corrected chi connectivity index (χ3v) is 2.34. The van der Waals surface area contributed by atoms with Gasteiger partial charge in [0.25, 0.3) is 0 Å². The molecule has 86 valence electrons. The van der Waals surface area contributed by atoms with Crippen LogP contribution >= 0.6 is 0 Å². The molecule has 0 fully saturated rings. The van der Waals surface area contributed by atoms with Crippen molar-refractivity contribution in [1.82, 2.24) is 5.32 Å². The second-order valence-electron chi connectivity index (χ2n) is 3.84. The monoisotopic (exact) mass is 217 g/mol. The van der Waals surface area contributed by atoms with Crippen molar-refractivity contribution in [3.63, 3.8) is 0 Å². The topological polar surface area (TPSA) is 29.1 Å². The Morgan fingerprint density at radius 1 is 1.31 bits per heavy atom. The number of carbonyl (C=O) groups is 1. The highest BCUT2D eigenvalue weighted by molar-refractivity contribution is 6.04. The predicted molar refractivity (Wildman–Crippen MR) is 67.4 cm³/mol. The molecule has 0 bridgehead atoms. The summed E-state index contributed by atoms with van der Waals surface area (Å²) >= 11 is 0. The van der Waals surface area contributed by atoms with Crippen molar-refractivity contribution in [2.45, 2.75) is 26.7 Å². The zero-order valence-electron chi connectivity index (χ0n) is 9.99. The molecule has 0 saturated heterocycles. The highest BCUT2D eigenvalue weighted by Gasteiger charge is 2.01. The molecule has 0 heterocycles. The van der Waals surface area contributed by atoms with E-state index in [1.54, 1.807) is 6.08 Å². The largest absolute Gasteiger partial charge is 0.388 e. The number of benzene rings is 1. The average molecular weight is 217 g/mol. The van der Waals surface area contributed by atoms with Crippen LogP contribution < -0.4 is 5.32 Å². The minimum absolute atomic E-state index is 0.0575. The van der Waals surface area contributed by atoms with Gasteiger partial charge in [-0.1, -0.05) is 43.7 Å². The molecular weight excluding hydrogens is 198 g/mol. The molecule has 0 aliphatic carbocycles. The lowest BCUT2D eigenvalue weighted by atomic mass is 10.1. The minimum atomic E-state index is 0.0575. The van der Waals surface area contributed by atoms with Gasteiger partial charge < -0.3 is 5.32 Å². The number of allylic oxidation sites excluding steroid dienone is 2. The molecule has 2 heteroatoms. The second-order valence-corrected chi connectivity index (χ2v) is 3.84. The molecule has 1 rings (SSSR count). The molecule has 0 atom stereocenters. The van der Waals surface area contributed by atoms with Crippen molar-refractivity contribution in [1.29, 1.82) is 0 Å². The van der Waals surface area contributed by atoms with Gasteiger partial charge in [-0.05, 0) is 13.3 Å². The Bertz CT molecular complexity index is 354. The van der Waals surface area contributed by atoms with Crippen molar-refractivity contribution in [3.05, 3.63) is 47.7 Å². The SMILES string of the molecule is CCCCN/C(C)=C\C(=O)c1ccccc1. The maximum absolute atomic E-state index is 11.8. The first-order chi connectivity index (χ1) is 7.74. The van der Waals surface area contributed by atoms with Crippen molar-refractivity contribution in [2.24, 2.45) is 0 Å². The Morgan fingerprint density at radius 2 is 2.00 bits per heavy atom. The first kappa shape index (κ1) is 12.5. The number of rotatable bonds is 6. The number of hydrogen-bond donors (Lipinski definition) is 1. The third kappa shape index (κ3) is 4.30. The molecule has 0 aliphatic heterocycles. The molecule has 16 heavy (non-hydrogen) atoms. The van der Waals surface area contributed by atoms with E-state index in [4.69, 9.17) is 0 Å². The predicted octanol–water partition coefficient (Wildman–Crippen LogP) is 3.16. The van der Waals surface area contributed by atoms with Crippen LogP contribution in [0.5, 0.6) is 0 Å². The molecule has 2 nitrogen and oxygen atoms in total. The fraction of sp³-hybridized carbons (Fsp3) is 0.357. The Labute approximate surface area is 97.4 Å². The number of carbonyl (C=O) groups excluding carboxylic acids is 1. The second kappa shape index (κ2) is 6.83. The molecule has 0 aromatic heterocycles. The molecule has 0 aliphatic rings. The van der Waals surface area contributed by atoms with E-state index in [9.17, 15) is 4.79 Å². The maximum atomic E-state index is 11.8. The van der Waals surface area contributed by atoms with Gasteiger partial charge in [-0.3, -0.25) is 4.79 Å². The molecule has 1 aromatic carbocycles. The Morgan fingerprint density at radius 3 is 2.62 bits per heavy atom. The summed E-state index contributed by atoms with van der Waals surface area (Å²) < 4.78 is 0. The van der Waals surface area contributed by atoms with Crippen LogP contribution in [0.4, 0.5) is 0 Å². The van der Waals surface area contributed by atoms with Crippen LogP contribution in [0.2, 0.25) is 0 Å². The van der Waals surface area contributed by atoms with Crippen molar-refractivity contribution < 1.29 is 4.79 Å². The highest BCUT2D eigenvalue weighted by Crippen LogP contribution is 2.02. The van der Waals surface area contributed by atoms with Gasteiger partial charge in [-0.25, -0.2) is 0 Å². The van der Waals surface area contributed by atoms with Gasteiger partial charge in [-0.2, -0.15) is 0 Å². The first-order valence-electron chi connectivity index (χ1n) is 5.75. The van der Waals surface area contributed by atoms with Gasteiger partial charge >= 0.3 is 0 Å². The summed E-state index contributed by atoms with van der Waals surface area (Å²) in [5, 5.41) is 3.22. The first-order valence-corrected chi connectivity index (χ1v) is 5.75. The molecule has 1 aromatic rings. The molecule has 0 saturated carbocycles. The lowest BCUT2D eigenvalue weighted by Gasteiger charge is -2.04. The number of hydrogen-bond acceptors (Lipinski definition) is 2. The van der Waals surface area contributed by atoms with Gasteiger partial charge in [0.05, 0.1) is 0 Å². The van der Waals surface area contributed by atoms with Crippen LogP contribution in [0.3, 0.4) is 0 Å². The Balaban J connectivity index is 2.52. The quantitative estimate of drug-likeness (QED) is 0.450. The van der Waals surface area contributed by atoms with Gasteiger partial charge in [0, 0.05) is 23.9 Å². The summed E-state index contributed by atoms with van der Waals surface area (Å²) in [6.07, 6.45) is 3.95. The minimum Gasteiger partial charge on any atom is -0.388 e. The summed E-state index contributed by atoms with van der Waals surface area (Å²) in [5.74, 6) is 0.0575. The number of unbranched alkanes of at least 4 members (excludes halogenated alkanes) is 1. The fourth-order valence-corrected chi connectivity index (χ4v) is 1.40. The van der Waals surface area contributed by atoms with E-state index in [1.807, 2.05) is 37.3 Å². The molecule has 0 unspecified atom stereocenters. The van der Waals surface area contributed by atoms with Gasteiger partial charge in [0.15, 0.2) is 5.78 Å². The summed E-state index contributed by atoms with van der Waals surface area (Å²) in [4.78, 5) is 11.8. The van der Waals surface area contributed by atoms with Crippen LogP contribution in [-0.4, -0.2) is 12.3 Å². The van der Waals surface area contributed by atoms with Gasteiger partial charge in [-0.15, -0.1) is 0 Å². The summed E-state index contributed by atoms with van der Waals surface area (Å²) in [6, 6.07) is 9.32. The lowest BCUT2D eigenvalue weighted by Crippen LogP contribution is -2.13. The van der Waals surface area contributed by atoms with Crippen LogP contribution in [-0.2, 0) is 0 Å². The standard InChI is InChI=1S/C14H19NO/c1-3-4-10-15-12(2)11-14(16)13-8-6-5-7-9-13/h5-9,11,15H,3-4,10H2,1-2H3/b12-11-. The van der Waals surface area contributed by atoms with E-state index >= 15 is 0 Å². The number of nitrogens with one attached hydrogen (secondary N) is 1. The number of ketones is 1. The van der Waals surface area contributed by atoms with E-state index in [-0.39, 0.29) is 5.78 Å². The smallest absolute Gasteiger partial charge is 0.187 e. The molecule has 0 amide bonds. The van der Waals surface area contributed by atoms with Gasteiger partial charge in [0.1, 0.15) is 0 Å². The molecule has 0 spiro atoms. The summed E-state index contributed by atoms with van der Waals surface area (Å²) in [6.45, 7) is 5.01. The van der Waals surface area contributed by atoms with Gasteiger partial charge in [0.2, 0.25) is 0 Å². The van der Waals surface area contributed by atoms with Crippen LogP contribution in [0, 0.1) is 0 Å². The normalized spacial score (nSPS) is 11.2. The van der Waals surface area contributed by atoms with Crippen molar-refractivity contribution in [3.8, 4) is 0 Å². The van der Waals surface area contributed by atoms with Crippen molar-refractivity contribution >= 4 is 5.78 Å². The zero-order chi connectivity index (χ0) is 11.8. The maximum Gasteiger partial charge on any atom is 0.187 e. The van der Waals surface area contributed by atoms with Crippen LogP contribution in [0.1, 0.15) is 37.0 Å². The highest BCUT2D eigenvalue weighted by atomic mass is 16.1. The van der Waals surface area contributed by atoms with E-state index in [0.29, 0.717) is 0 Å². The van der Waals surface area contributed by atoms with Crippen molar-refractivity contribution in [2.75, 3.05) is 6.54 Å². The molecular formula is C14H19NO. The van der Waals surface area contributed by atoms with Crippen LogP contribution in [0.15, 0.2) is 42.1 Å². The summed E-state index contributed by atoms with van der Waals surface area (Å²) in [7, 11) is 0. The average Bonchev–Trinajstić information content (AvgIpc) is 2.30. The van der Waals surface area contributed by atoms with E-state index in [1.165, 1.54) is 0 Å². The van der Waals surface area contributed by atoms with E-state index in [2.05, 4.69) is 12.2 Å². The van der Waals surface area contributed by atoms with E-state index in [0.717, 1.165) is 30.6 Å². The fourth-order valence-electron chi connectivity index (χ4n) is 1.40. The molecule has 1 N–H and O–H groups in total. The Hall–Kier alpha value is -1.57. The van der Waals surface area contributed by atoms with E-state index < -0.39 is 0 Å². The zero-order valence-corrected chi connectivity index (χ0v) is 9.99. The van der Waals surface area contributed by atoms with Crippen LogP contribution in [0.25, 0.3) is 0 Å². The Kier molecular flexibility index (Phi) is 5.34. The lowest BCUT2D eigenvalue weighted by molar-refractivity contribution is 0.104. The third-order valence-electron chi connectivity index (χ3n) is 2.34. The summed E-state index contributed by atoms with van der Waals surface area (Å²) in [5.41, 5.74) is 1.67. The molecule has 0 radical (unpaired) electrons.